The van der Waals surface area contributed by atoms with Gasteiger partial charge in [-0.3, -0.25) is 0 Å². The summed E-state index contributed by atoms with van der Waals surface area (Å²) in [5, 5.41) is 0. The molecule has 0 amide bonds. The van der Waals surface area contributed by atoms with Crippen LogP contribution in [0.25, 0.3) is 0 Å². The van der Waals surface area contributed by atoms with E-state index in [1.54, 1.807) is 0 Å². The van der Waals surface area contributed by atoms with Crippen molar-refractivity contribution in [3.63, 3.8) is 0 Å². The van der Waals surface area contributed by atoms with E-state index < -0.39 is 14.7 Å². The summed E-state index contributed by atoms with van der Waals surface area (Å²) >= 11 is 6.54. The molecule has 0 aromatic rings. The summed E-state index contributed by atoms with van der Waals surface area (Å²) in [6, 6.07) is 0. The molecular weight excluding hydrogens is 202 g/mol. The van der Waals surface area contributed by atoms with Crippen LogP contribution in [0.5, 0.6) is 0 Å². The van der Waals surface area contributed by atoms with E-state index in [1.165, 1.54) is 0 Å². The number of rotatable bonds is 4. The maximum Gasteiger partial charge on any atom is 0.158 e. The lowest BCUT2D eigenvalue weighted by Gasteiger charge is -2.42. The van der Waals surface area contributed by atoms with Gasteiger partial charge in [-0.25, -0.2) is 0 Å². The van der Waals surface area contributed by atoms with E-state index in [4.69, 9.17) is 11.1 Å². The molecule has 0 N–H and O–H groups in total. The van der Waals surface area contributed by atoms with E-state index in [9.17, 15) is 0 Å². The molecule has 0 saturated heterocycles. The van der Waals surface area contributed by atoms with Gasteiger partial charge in [-0.15, -0.1) is 0 Å². The highest BCUT2D eigenvalue weighted by molar-refractivity contribution is 7.57. The van der Waals surface area contributed by atoms with Crippen molar-refractivity contribution in [2.75, 3.05) is 13.1 Å². The molecule has 4 heteroatoms. The van der Waals surface area contributed by atoms with Crippen LogP contribution in [0.4, 0.5) is 0 Å². The van der Waals surface area contributed by atoms with E-state index in [1.807, 2.05) is 0 Å². The topological polar surface area (TPSA) is 3.24 Å². The molecule has 0 heterocycles. The Bertz CT molecular complexity index is 138. The van der Waals surface area contributed by atoms with Crippen molar-refractivity contribution in [1.29, 1.82) is 0 Å². The van der Waals surface area contributed by atoms with Crippen molar-refractivity contribution in [3.8, 4) is 0 Å². The molecular formula is C8H22ClNSi2. The number of nitrogens with zero attached hydrogens (tertiary/aromatic N) is 1. The van der Waals surface area contributed by atoms with Crippen LogP contribution >= 0.6 is 11.1 Å². The van der Waals surface area contributed by atoms with Crippen molar-refractivity contribution >= 4 is 25.7 Å². The van der Waals surface area contributed by atoms with Crippen LogP contribution in [0.3, 0.4) is 0 Å². The second-order valence-corrected chi connectivity index (χ2v) is 22.1. The highest BCUT2D eigenvalue weighted by atomic mass is 35.6. The number of hydrogen-bond acceptors (Lipinski definition) is 1. The van der Waals surface area contributed by atoms with Gasteiger partial charge in [0, 0.05) is 0 Å². The van der Waals surface area contributed by atoms with Crippen LogP contribution < -0.4 is 0 Å². The third-order valence-electron chi connectivity index (χ3n) is 3.01. The lowest BCUT2D eigenvalue weighted by molar-refractivity contribution is 0.477. The Hall–Kier alpha value is 0.684. The molecule has 74 valence electrons. The summed E-state index contributed by atoms with van der Waals surface area (Å²) in [6.07, 6.45) is 0. The zero-order chi connectivity index (χ0) is 9.99. The molecule has 0 fully saturated rings. The fraction of sp³-hybridized carbons (Fsp3) is 1.00. The average molecular weight is 224 g/mol. The Labute approximate surface area is 83.7 Å². The molecule has 0 spiro atoms. The van der Waals surface area contributed by atoms with E-state index in [2.05, 4.69) is 44.6 Å². The normalized spacial score (nSPS) is 14.0. The molecule has 0 bridgehead atoms. The Kier molecular flexibility index (Phi) is 4.51. The van der Waals surface area contributed by atoms with Crippen LogP contribution in [0, 0.1) is 0 Å². The van der Waals surface area contributed by atoms with E-state index in [-0.39, 0.29) is 0 Å². The predicted octanol–water partition coefficient (Wildman–Crippen LogP) is 3.06. The second-order valence-electron chi connectivity index (χ2n) is 4.20. The SMILES string of the molecule is CCN(CC)[Si](C)(C)[Si](C)(C)Cl. The summed E-state index contributed by atoms with van der Waals surface area (Å²) in [7, 11) is -1.30. The fourth-order valence-electron chi connectivity index (χ4n) is 1.39. The van der Waals surface area contributed by atoms with Gasteiger partial charge in [-0.1, -0.05) is 40.0 Å². The zero-order valence-electron chi connectivity index (χ0n) is 9.24. The minimum absolute atomic E-state index is 1.15. The molecule has 0 aliphatic heterocycles. The molecule has 0 unspecified atom stereocenters. The van der Waals surface area contributed by atoms with Crippen molar-refractivity contribution < 1.29 is 0 Å². The van der Waals surface area contributed by atoms with Gasteiger partial charge in [0.1, 0.15) is 7.75 Å². The molecule has 0 saturated carbocycles. The summed E-state index contributed by atoms with van der Waals surface area (Å²) in [5.74, 6) is 0. The van der Waals surface area contributed by atoms with Gasteiger partial charge in [0.25, 0.3) is 0 Å². The highest BCUT2D eigenvalue weighted by Gasteiger charge is 2.43. The van der Waals surface area contributed by atoms with Gasteiger partial charge in [0.05, 0.1) is 0 Å². The highest BCUT2D eigenvalue weighted by Crippen LogP contribution is 2.25. The molecule has 0 aliphatic rings. The van der Waals surface area contributed by atoms with Crippen molar-refractivity contribution in [1.82, 2.24) is 4.57 Å². The van der Waals surface area contributed by atoms with E-state index >= 15 is 0 Å². The standard InChI is InChI=1S/C8H22ClNSi2/c1-7-10(8-2)12(5,6)11(3,4)9/h7-8H2,1-6H3. The number of hydrogen-bond donors (Lipinski definition) is 0. The molecule has 0 rings (SSSR count). The Morgan fingerprint density at radius 1 is 1.00 bits per heavy atom. The molecule has 0 radical (unpaired) electrons. The first-order valence-corrected chi connectivity index (χ1v) is 12.7. The minimum atomic E-state index is -1.45. The Morgan fingerprint density at radius 3 is 1.42 bits per heavy atom. The Balaban J connectivity index is 4.57. The van der Waals surface area contributed by atoms with Crippen molar-refractivity contribution in [2.24, 2.45) is 0 Å². The van der Waals surface area contributed by atoms with E-state index in [0.717, 1.165) is 13.1 Å². The molecule has 0 aliphatic carbocycles. The third kappa shape index (κ3) is 2.59. The molecule has 12 heavy (non-hydrogen) atoms. The summed E-state index contributed by atoms with van der Waals surface area (Å²) in [6.45, 7) is 14.7. The van der Waals surface area contributed by atoms with Crippen molar-refractivity contribution in [3.05, 3.63) is 0 Å². The van der Waals surface area contributed by atoms with Crippen LogP contribution in [0.15, 0.2) is 0 Å². The maximum atomic E-state index is 6.54. The monoisotopic (exact) mass is 223 g/mol. The lowest BCUT2D eigenvalue weighted by Crippen LogP contribution is -2.63. The first-order chi connectivity index (χ1) is 5.27. The van der Waals surface area contributed by atoms with Gasteiger partial charge >= 0.3 is 0 Å². The first kappa shape index (κ1) is 12.7. The Morgan fingerprint density at radius 2 is 1.33 bits per heavy atom. The summed E-state index contributed by atoms with van der Waals surface area (Å²) < 4.78 is 2.59. The summed E-state index contributed by atoms with van der Waals surface area (Å²) in [4.78, 5) is 0. The quantitative estimate of drug-likeness (QED) is 0.523. The van der Waals surface area contributed by atoms with Gasteiger partial charge in [0.2, 0.25) is 0 Å². The van der Waals surface area contributed by atoms with Gasteiger partial charge in [-0.05, 0) is 13.1 Å². The van der Waals surface area contributed by atoms with Gasteiger partial charge in [-0.2, -0.15) is 11.1 Å². The largest absolute Gasteiger partial charge is 0.325 e. The smallest absolute Gasteiger partial charge is 0.158 e. The average Bonchev–Trinajstić information content (AvgIpc) is 1.87. The van der Waals surface area contributed by atoms with Gasteiger partial charge in [0.15, 0.2) is 6.90 Å². The molecule has 0 atom stereocenters. The lowest BCUT2D eigenvalue weighted by atomic mass is 10.7. The van der Waals surface area contributed by atoms with Gasteiger partial charge < -0.3 is 4.57 Å². The number of halogens is 1. The summed E-state index contributed by atoms with van der Waals surface area (Å²) in [5.41, 5.74) is 0. The van der Waals surface area contributed by atoms with Crippen LogP contribution in [0.1, 0.15) is 13.8 Å². The maximum absolute atomic E-state index is 6.54. The zero-order valence-corrected chi connectivity index (χ0v) is 12.0. The third-order valence-corrected chi connectivity index (χ3v) is 22.0. The van der Waals surface area contributed by atoms with Crippen LogP contribution in [0.2, 0.25) is 26.2 Å². The van der Waals surface area contributed by atoms with E-state index in [0.29, 0.717) is 0 Å². The molecule has 0 aromatic carbocycles. The second kappa shape index (κ2) is 4.26. The minimum Gasteiger partial charge on any atom is -0.325 e. The van der Waals surface area contributed by atoms with Crippen LogP contribution in [-0.4, -0.2) is 32.3 Å². The molecule has 1 nitrogen and oxygen atoms in total. The predicted molar refractivity (Wildman–Crippen MR) is 63.7 cm³/mol. The molecule has 0 aromatic heterocycles. The fourth-order valence-corrected chi connectivity index (χ4v) is 8.00. The van der Waals surface area contributed by atoms with Crippen LogP contribution in [-0.2, 0) is 0 Å². The van der Waals surface area contributed by atoms with Crippen molar-refractivity contribution in [2.45, 2.75) is 40.0 Å². The first-order valence-electron chi connectivity index (χ1n) is 4.71.